The van der Waals surface area contributed by atoms with E-state index in [9.17, 15) is 4.79 Å². The second kappa shape index (κ2) is 7.60. The topological polar surface area (TPSA) is 55.1 Å². The number of rotatable bonds is 7. The quantitative estimate of drug-likeness (QED) is 0.807. The SMILES string of the molecule is CC(C)CC(C)(C)CNC(=O)C(C)C(N)c1ccccc1. The Kier molecular flexibility index (Phi) is 6.41. The molecule has 118 valence electrons. The standard InChI is InChI=1S/C18H30N2O/c1-13(2)11-18(4,5)12-20-17(21)14(3)16(19)15-9-7-6-8-10-15/h6-10,13-14,16H,11-12,19H2,1-5H3,(H,20,21). The Hall–Kier alpha value is -1.35. The van der Waals surface area contributed by atoms with Crippen LogP contribution in [0.4, 0.5) is 0 Å². The van der Waals surface area contributed by atoms with Gasteiger partial charge in [0.05, 0.1) is 5.92 Å². The lowest BCUT2D eigenvalue weighted by atomic mass is 9.83. The van der Waals surface area contributed by atoms with E-state index in [4.69, 9.17) is 5.73 Å². The van der Waals surface area contributed by atoms with Crippen LogP contribution in [0.1, 0.15) is 52.6 Å². The monoisotopic (exact) mass is 290 g/mol. The molecule has 0 aliphatic heterocycles. The zero-order valence-electron chi connectivity index (χ0n) is 14.0. The van der Waals surface area contributed by atoms with Crippen LogP contribution < -0.4 is 11.1 Å². The van der Waals surface area contributed by atoms with E-state index >= 15 is 0 Å². The van der Waals surface area contributed by atoms with Crippen LogP contribution in [0.5, 0.6) is 0 Å². The zero-order chi connectivity index (χ0) is 16.0. The minimum atomic E-state index is -0.264. The Morgan fingerprint density at radius 3 is 2.29 bits per heavy atom. The predicted molar refractivity (Wildman–Crippen MR) is 88.8 cm³/mol. The van der Waals surface area contributed by atoms with E-state index in [2.05, 4.69) is 33.0 Å². The molecular weight excluding hydrogens is 260 g/mol. The van der Waals surface area contributed by atoms with E-state index in [0.29, 0.717) is 12.5 Å². The largest absolute Gasteiger partial charge is 0.355 e. The van der Waals surface area contributed by atoms with Crippen LogP contribution in [0.25, 0.3) is 0 Å². The molecule has 2 atom stereocenters. The van der Waals surface area contributed by atoms with E-state index < -0.39 is 0 Å². The molecule has 2 unspecified atom stereocenters. The van der Waals surface area contributed by atoms with Crippen LogP contribution in [0.15, 0.2) is 30.3 Å². The molecule has 1 amide bonds. The van der Waals surface area contributed by atoms with Crippen molar-refractivity contribution in [1.29, 1.82) is 0 Å². The summed E-state index contributed by atoms with van der Waals surface area (Å²) < 4.78 is 0. The highest BCUT2D eigenvalue weighted by Gasteiger charge is 2.25. The number of hydrogen-bond donors (Lipinski definition) is 2. The second-order valence-electron chi connectivity index (χ2n) is 7.21. The van der Waals surface area contributed by atoms with Crippen LogP contribution in [0.2, 0.25) is 0 Å². The van der Waals surface area contributed by atoms with Crippen LogP contribution in [0.3, 0.4) is 0 Å². The van der Waals surface area contributed by atoms with Crippen LogP contribution in [-0.2, 0) is 4.79 Å². The first-order valence-corrected chi connectivity index (χ1v) is 7.81. The van der Waals surface area contributed by atoms with Gasteiger partial charge in [0.2, 0.25) is 5.91 Å². The first-order valence-electron chi connectivity index (χ1n) is 7.81. The summed E-state index contributed by atoms with van der Waals surface area (Å²) in [6.45, 7) is 11.4. The van der Waals surface area contributed by atoms with Crippen LogP contribution >= 0.6 is 0 Å². The maximum Gasteiger partial charge on any atom is 0.224 e. The third kappa shape index (κ3) is 5.88. The molecule has 0 aliphatic carbocycles. The molecule has 0 saturated carbocycles. The molecule has 0 radical (unpaired) electrons. The van der Waals surface area contributed by atoms with E-state index in [1.807, 2.05) is 37.3 Å². The van der Waals surface area contributed by atoms with Gasteiger partial charge in [-0.15, -0.1) is 0 Å². The molecule has 1 rings (SSSR count). The highest BCUT2D eigenvalue weighted by molar-refractivity contribution is 5.79. The molecule has 0 bridgehead atoms. The summed E-state index contributed by atoms with van der Waals surface area (Å²) in [4.78, 5) is 12.3. The molecule has 0 aromatic heterocycles. The summed E-state index contributed by atoms with van der Waals surface area (Å²) in [5, 5.41) is 3.06. The molecule has 21 heavy (non-hydrogen) atoms. The van der Waals surface area contributed by atoms with Gasteiger partial charge in [0.25, 0.3) is 0 Å². The van der Waals surface area contributed by atoms with Gasteiger partial charge < -0.3 is 11.1 Å². The van der Waals surface area contributed by atoms with Crippen molar-refractivity contribution in [2.24, 2.45) is 23.0 Å². The molecule has 0 saturated heterocycles. The van der Waals surface area contributed by atoms with Gasteiger partial charge in [-0.25, -0.2) is 0 Å². The van der Waals surface area contributed by atoms with Gasteiger partial charge >= 0.3 is 0 Å². The number of carbonyl (C=O) groups is 1. The van der Waals surface area contributed by atoms with Crippen molar-refractivity contribution < 1.29 is 4.79 Å². The van der Waals surface area contributed by atoms with Gasteiger partial charge in [0.15, 0.2) is 0 Å². The number of hydrogen-bond acceptors (Lipinski definition) is 2. The second-order valence-corrected chi connectivity index (χ2v) is 7.21. The molecule has 0 spiro atoms. The van der Waals surface area contributed by atoms with Crippen molar-refractivity contribution in [2.75, 3.05) is 6.54 Å². The molecule has 1 aromatic rings. The fourth-order valence-corrected chi connectivity index (χ4v) is 2.79. The Morgan fingerprint density at radius 1 is 1.19 bits per heavy atom. The fraction of sp³-hybridized carbons (Fsp3) is 0.611. The maximum absolute atomic E-state index is 12.3. The normalized spacial score (nSPS) is 14.8. The smallest absolute Gasteiger partial charge is 0.224 e. The zero-order valence-corrected chi connectivity index (χ0v) is 14.0. The Labute approximate surface area is 129 Å². The van der Waals surface area contributed by atoms with Gasteiger partial charge in [-0.1, -0.05) is 65.0 Å². The lowest BCUT2D eigenvalue weighted by Gasteiger charge is -2.28. The average Bonchev–Trinajstić information content (AvgIpc) is 2.43. The fourth-order valence-electron chi connectivity index (χ4n) is 2.79. The molecule has 0 fully saturated rings. The van der Waals surface area contributed by atoms with Gasteiger partial charge in [0.1, 0.15) is 0 Å². The first-order chi connectivity index (χ1) is 9.73. The molecule has 0 aliphatic rings. The highest BCUT2D eigenvalue weighted by Crippen LogP contribution is 2.25. The van der Waals surface area contributed by atoms with Crippen molar-refractivity contribution in [3.05, 3.63) is 35.9 Å². The number of nitrogens with two attached hydrogens (primary N) is 1. The van der Waals surface area contributed by atoms with Gasteiger partial charge in [-0.3, -0.25) is 4.79 Å². The Balaban J connectivity index is 2.55. The number of benzene rings is 1. The van der Waals surface area contributed by atoms with E-state index in [-0.39, 0.29) is 23.3 Å². The molecule has 3 N–H and O–H groups in total. The summed E-state index contributed by atoms with van der Waals surface area (Å²) in [6, 6.07) is 9.53. The van der Waals surface area contributed by atoms with Crippen LogP contribution in [-0.4, -0.2) is 12.5 Å². The van der Waals surface area contributed by atoms with Gasteiger partial charge in [-0.2, -0.15) is 0 Å². The minimum Gasteiger partial charge on any atom is -0.355 e. The summed E-state index contributed by atoms with van der Waals surface area (Å²) >= 11 is 0. The van der Waals surface area contributed by atoms with Crippen molar-refractivity contribution in [3.63, 3.8) is 0 Å². The Bertz CT molecular complexity index is 440. The predicted octanol–water partition coefficient (Wildman–Crippen LogP) is 3.51. The molecule has 0 heterocycles. The lowest BCUT2D eigenvalue weighted by Crippen LogP contribution is -2.40. The minimum absolute atomic E-state index is 0.0307. The van der Waals surface area contributed by atoms with Crippen molar-refractivity contribution >= 4 is 5.91 Å². The molecule has 1 aromatic carbocycles. The Morgan fingerprint density at radius 2 is 1.76 bits per heavy atom. The van der Waals surface area contributed by atoms with E-state index in [1.54, 1.807) is 0 Å². The summed E-state index contributed by atoms with van der Waals surface area (Å²) in [5.74, 6) is 0.423. The number of amides is 1. The summed E-state index contributed by atoms with van der Waals surface area (Å²) in [5.41, 5.74) is 7.31. The molecular formula is C18H30N2O. The van der Waals surface area contributed by atoms with Crippen LogP contribution in [0, 0.1) is 17.3 Å². The molecule has 3 heteroatoms. The van der Waals surface area contributed by atoms with Gasteiger partial charge in [-0.05, 0) is 23.3 Å². The third-order valence-corrected chi connectivity index (χ3v) is 3.84. The highest BCUT2D eigenvalue weighted by atomic mass is 16.1. The lowest BCUT2D eigenvalue weighted by molar-refractivity contribution is -0.125. The first kappa shape index (κ1) is 17.7. The summed E-state index contributed by atoms with van der Waals surface area (Å²) in [6.07, 6.45) is 1.09. The summed E-state index contributed by atoms with van der Waals surface area (Å²) in [7, 11) is 0. The number of nitrogens with one attached hydrogen (secondary N) is 1. The van der Waals surface area contributed by atoms with E-state index in [0.717, 1.165) is 12.0 Å². The van der Waals surface area contributed by atoms with Crippen molar-refractivity contribution in [3.8, 4) is 0 Å². The average molecular weight is 290 g/mol. The van der Waals surface area contributed by atoms with E-state index in [1.165, 1.54) is 0 Å². The van der Waals surface area contributed by atoms with Crippen molar-refractivity contribution in [2.45, 2.75) is 47.1 Å². The van der Waals surface area contributed by atoms with Crippen molar-refractivity contribution in [1.82, 2.24) is 5.32 Å². The number of carbonyl (C=O) groups excluding carboxylic acids is 1. The maximum atomic E-state index is 12.3. The molecule has 3 nitrogen and oxygen atoms in total. The third-order valence-electron chi connectivity index (χ3n) is 3.84. The van der Waals surface area contributed by atoms with Gasteiger partial charge in [0, 0.05) is 12.6 Å².